The Morgan fingerprint density at radius 1 is 1.23 bits per heavy atom. The highest BCUT2D eigenvalue weighted by molar-refractivity contribution is 5.97. The molecular weight excluding hydrogens is 459 g/mol. The molecule has 1 atom stereocenters. The quantitative estimate of drug-likeness (QED) is 0.518. The van der Waals surface area contributed by atoms with Crippen LogP contribution in [0.4, 0.5) is 13.2 Å². The summed E-state index contributed by atoms with van der Waals surface area (Å²) in [5.41, 5.74) is 3.58. The zero-order valence-electron chi connectivity index (χ0n) is 18.9. The van der Waals surface area contributed by atoms with E-state index in [0.29, 0.717) is 11.6 Å². The van der Waals surface area contributed by atoms with Crippen LogP contribution in [0.2, 0.25) is 0 Å². The van der Waals surface area contributed by atoms with Gasteiger partial charge in [0, 0.05) is 36.1 Å². The maximum Gasteiger partial charge on any atom is 0.425 e. The van der Waals surface area contributed by atoms with Crippen LogP contribution in [0, 0.1) is 11.3 Å². The molecule has 35 heavy (non-hydrogen) atoms. The smallest absolute Gasteiger partial charge is 0.425 e. The molecule has 0 radical (unpaired) electrons. The van der Waals surface area contributed by atoms with Crippen molar-refractivity contribution in [1.82, 2.24) is 19.7 Å². The number of hydrogen-bond donors (Lipinski definition) is 0. The van der Waals surface area contributed by atoms with Gasteiger partial charge in [-0.3, -0.25) is 9.78 Å². The zero-order valence-corrected chi connectivity index (χ0v) is 18.9. The Hall–Kier alpha value is -3.87. The van der Waals surface area contributed by atoms with E-state index in [2.05, 4.69) is 10.1 Å². The highest BCUT2D eigenvalue weighted by atomic mass is 19.4. The van der Waals surface area contributed by atoms with E-state index in [1.54, 1.807) is 10.9 Å². The molecule has 1 aliphatic heterocycles. The third kappa shape index (κ3) is 4.46. The summed E-state index contributed by atoms with van der Waals surface area (Å²) in [5, 5.41) is 13.9. The fraction of sp³-hybridized carbons (Fsp3) is 0.360. The number of nitriles is 1. The van der Waals surface area contributed by atoms with Crippen molar-refractivity contribution in [2.24, 2.45) is 0 Å². The average molecular weight is 481 g/mol. The number of aromatic nitrogens is 3. The Kier molecular flexibility index (Phi) is 5.71. The van der Waals surface area contributed by atoms with Crippen LogP contribution in [0.15, 0.2) is 42.7 Å². The second kappa shape index (κ2) is 8.73. The van der Waals surface area contributed by atoms with Gasteiger partial charge in [-0.2, -0.15) is 23.5 Å². The van der Waals surface area contributed by atoms with Crippen molar-refractivity contribution in [2.75, 3.05) is 0 Å². The number of hydrogen-bond acceptors (Lipinski definition) is 5. The largest absolute Gasteiger partial charge is 0.480 e. The number of pyridine rings is 1. The van der Waals surface area contributed by atoms with Crippen molar-refractivity contribution < 1.29 is 22.7 Å². The Labute approximate surface area is 199 Å². The molecule has 2 aliphatic rings. The SMILES string of the molecule is C[C@H](Oc1ccc(C#N)cc1C(=O)N1Cc2cn(-c3ccnc(C4CCC4)c3)nc2C1)C(F)(F)F. The van der Waals surface area contributed by atoms with Gasteiger partial charge in [-0.1, -0.05) is 6.42 Å². The van der Waals surface area contributed by atoms with Gasteiger partial charge in [-0.25, -0.2) is 4.68 Å². The van der Waals surface area contributed by atoms with Crippen molar-refractivity contribution in [1.29, 1.82) is 5.26 Å². The second-order valence-electron chi connectivity index (χ2n) is 8.90. The lowest BCUT2D eigenvalue weighted by Gasteiger charge is -2.24. The van der Waals surface area contributed by atoms with Crippen molar-refractivity contribution >= 4 is 5.91 Å². The molecule has 0 unspecified atom stereocenters. The number of ether oxygens (including phenoxy) is 1. The molecule has 0 N–H and O–H groups in total. The van der Waals surface area contributed by atoms with Crippen LogP contribution in [0.25, 0.3) is 5.69 Å². The first-order valence-corrected chi connectivity index (χ1v) is 11.3. The Morgan fingerprint density at radius 3 is 2.69 bits per heavy atom. The first kappa shape index (κ1) is 22.9. The summed E-state index contributed by atoms with van der Waals surface area (Å²) in [6.07, 6.45) is 0.441. The number of carbonyl (C=O) groups excluding carboxylic acids is 1. The minimum Gasteiger partial charge on any atom is -0.480 e. The van der Waals surface area contributed by atoms with Crippen LogP contribution in [0.1, 0.15) is 65.0 Å². The van der Waals surface area contributed by atoms with E-state index in [1.165, 1.54) is 29.5 Å². The maximum absolute atomic E-state index is 13.3. The van der Waals surface area contributed by atoms with E-state index in [1.807, 2.05) is 24.4 Å². The van der Waals surface area contributed by atoms with Gasteiger partial charge in [0.1, 0.15) is 5.75 Å². The molecule has 3 aromatic rings. The summed E-state index contributed by atoms with van der Waals surface area (Å²) in [6.45, 7) is 1.32. The molecular formula is C25H22F3N5O2. The number of nitrogens with zero attached hydrogens (tertiary/aromatic N) is 5. The number of alkyl halides is 3. The molecule has 180 valence electrons. The van der Waals surface area contributed by atoms with Crippen LogP contribution >= 0.6 is 0 Å². The predicted octanol–water partition coefficient (Wildman–Crippen LogP) is 4.89. The molecule has 1 aromatic carbocycles. The van der Waals surface area contributed by atoms with E-state index in [4.69, 9.17) is 4.74 Å². The molecule has 1 amide bonds. The normalized spacial score (nSPS) is 16.4. The van der Waals surface area contributed by atoms with Crippen LogP contribution < -0.4 is 4.74 Å². The van der Waals surface area contributed by atoms with Gasteiger partial charge in [0.05, 0.1) is 35.1 Å². The van der Waals surface area contributed by atoms with Gasteiger partial charge in [0.15, 0.2) is 6.10 Å². The van der Waals surface area contributed by atoms with Crippen molar-refractivity contribution in [3.63, 3.8) is 0 Å². The molecule has 1 aliphatic carbocycles. The molecule has 1 saturated carbocycles. The summed E-state index contributed by atoms with van der Waals surface area (Å²) in [7, 11) is 0. The van der Waals surface area contributed by atoms with E-state index in [-0.39, 0.29) is 30.0 Å². The standard InChI is InChI=1S/C25H22F3N5O2/c1-15(25(26,27)28)35-23-6-5-16(11-29)9-20(23)24(34)32-12-18-13-33(31-22(18)14-32)19-7-8-30-21(10-19)17-3-2-4-17/h5-10,13,15,17H,2-4,12,14H2,1H3/t15-/m0/s1. The lowest BCUT2D eigenvalue weighted by Crippen LogP contribution is -2.32. The summed E-state index contributed by atoms with van der Waals surface area (Å²) < 4.78 is 45.9. The summed E-state index contributed by atoms with van der Waals surface area (Å²) in [6, 6.07) is 9.64. The lowest BCUT2D eigenvalue weighted by molar-refractivity contribution is -0.189. The highest BCUT2D eigenvalue weighted by Crippen LogP contribution is 2.36. The van der Waals surface area contributed by atoms with Crippen molar-refractivity contribution in [3.05, 3.63) is 70.8 Å². The third-order valence-corrected chi connectivity index (χ3v) is 6.52. The lowest BCUT2D eigenvalue weighted by atomic mass is 9.82. The van der Waals surface area contributed by atoms with Crippen LogP contribution in [-0.2, 0) is 13.1 Å². The minimum absolute atomic E-state index is 0.0857. The number of benzene rings is 1. The average Bonchev–Trinajstić information content (AvgIpc) is 3.37. The number of rotatable bonds is 5. The molecule has 3 heterocycles. The minimum atomic E-state index is -4.59. The molecule has 1 fully saturated rings. The second-order valence-corrected chi connectivity index (χ2v) is 8.90. The van der Waals surface area contributed by atoms with Crippen LogP contribution in [0.5, 0.6) is 5.75 Å². The summed E-state index contributed by atoms with van der Waals surface area (Å²) >= 11 is 0. The monoisotopic (exact) mass is 481 g/mol. The third-order valence-electron chi connectivity index (χ3n) is 6.52. The molecule has 2 aromatic heterocycles. The van der Waals surface area contributed by atoms with E-state index in [0.717, 1.165) is 36.7 Å². The number of amides is 1. The molecule has 7 nitrogen and oxygen atoms in total. The molecule has 0 bridgehead atoms. The molecule has 0 spiro atoms. The van der Waals surface area contributed by atoms with E-state index >= 15 is 0 Å². The topological polar surface area (TPSA) is 84.0 Å². The van der Waals surface area contributed by atoms with Gasteiger partial charge < -0.3 is 9.64 Å². The Morgan fingerprint density at radius 2 is 2.03 bits per heavy atom. The van der Waals surface area contributed by atoms with E-state index in [9.17, 15) is 23.2 Å². The van der Waals surface area contributed by atoms with Gasteiger partial charge in [0.2, 0.25) is 0 Å². The van der Waals surface area contributed by atoms with Crippen molar-refractivity contribution in [2.45, 2.75) is 57.5 Å². The molecule has 10 heteroatoms. The highest BCUT2D eigenvalue weighted by Gasteiger charge is 2.39. The maximum atomic E-state index is 13.3. The summed E-state index contributed by atoms with van der Waals surface area (Å²) in [5.74, 6) is -0.243. The number of halogens is 3. The van der Waals surface area contributed by atoms with Gasteiger partial charge >= 0.3 is 6.18 Å². The number of fused-ring (bicyclic) bond motifs is 1. The fourth-order valence-electron chi connectivity index (χ4n) is 4.23. The zero-order chi connectivity index (χ0) is 24.7. The van der Waals surface area contributed by atoms with Crippen molar-refractivity contribution in [3.8, 4) is 17.5 Å². The van der Waals surface area contributed by atoms with Gasteiger partial charge in [-0.15, -0.1) is 0 Å². The predicted molar refractivity (Wildman–Crippen MR) is 119 cm³/mol. The number of carbonyl (C=O) groups is 1. The van der Waals surface area contributed by atoms with Gasteiger partial charge in [-0.05, 0) is 50.1 Å². The van der Waals surface area contributed by atoms with Crippen LogP contribution in [-0.4, -0.2) is 37.9 Å². The first-order chi connectivity index (χ1) is 16.7. The van der Waals surface area contributed by atoms with Crippen LogP contribution in [0.3, 0.4) is 0 Å². The molecule has 5 rings (SSSR count). The fourth-order valence-corrected chi connectivity index (χ4v) is 4.23. The van der Waals surface area contributed by atoms with Gasteiger partial charge in [0.25, 0.3) is 5.91 Å². The Balaban J connectivity index is 1.35. The summed E-state index contributed by atoms with van der Waals surface area (Å²) in [4.78, 5) is 19.2. The Bertz CT molecular complexity index is 1300. The van der Waals surface area contributed by atoms with E-state index < -0.39 is 18.2 Å². The first-order valence-electron chi connectivity index (χ1n) is 11.3. The molecule has 0 saturated heterocycles.